The van der Waals surface area contributed by atoms with Crippen LogP contribution in [-0.2, 0) is 18.0 Å². The van der Waals surface area contributed by atoms with Crippen LogP contribution in [0.3, 0.4) is 0 Å². The van der Waals surface area contributed by atoms with Crippen molar-refractivity contribution in [1.82, 2.24) is 14.5 Å². The second-order valence-corrected chi connectivity index (χ2v) is 8.09. The predicted octanol–water partition coefficient (Wildman–Crippen LogP) is 4.99. The number of anilines is 1. The minimum atomic E-state index is -4.53. The average Bonchev–Trinajstić information content (AvgIpc) is 3.53. The van der Waals surface area contributed by atoms with E-state index >= 15 is 0 Å². The van der Waals surface area contributed by atoms with E-state index in [2.05, 4.69) is 27.1 Å². The van der Waals surface area contributed by atoms with Gasteiger partial charge in [0.15, 0.2) is 0 Å². The van der Waals surface area contributed by atoms with Gasteiger partial charge in [0, 0.05) is 36.5 Å². The summed E-state index contributed by atoms with van der Waals surface area (Å²) < 4.78 is 46.6. The zero-order valence-electron chi connectivity index (χ0n) is 18.0. The maximum atomic E-state index is 12.9. The van der Waals surface area contributed by atoms with Crippen LogP contribution < -0.4 is 10.1 Å². The van der Waals surface area contributed by atoms with E-state index in [1.807, 2.05) is 17.8 Å². The minimum Gasteiger partial charge on any atom is -0.491 e. The summed E-state index contributed by atoms with van der Waals surface area (Å²) in [7, 11) is 1.85. The molecule has 1 aromatic carbocycles. The van der Waals surface area contributed by atoms with Gasteiger partial charge in [-0.05, 0) is 43.0 Å². The molecule has 4 rings (SSSR count). The van der Waals surface area contributed by atoms with Gasteiger partial charge in [0.05, 0.1) is 18.5 Å². The number of rotatable bonds is 5. The van der Waals surface area contributed by atoms with Crippen molar-refractivity contribution >= 4 is 11.6 Å². The molecule has 1 saturated carbocycles. The third kappa shape index (κ3) is 5.77. The number of imidazole rings is 1. The van der Waals surface area contributed by atoms with E-state index in [0.29, 0.717) is 35.1 Å². The Balaban J connectivity index is 1.57. The van der Waals surface area contributed by atoms with E-state index in [1.54, 1.807) is 24.4 Å². The Hall–Kier alpha value is -3.67. The van der Waals surface area contributed by atoms with Gasteiger partial charge in [0.25, 0.3) is 0 Å². The first-order valence-corrected chi connectivity index (χ1v) is 10.6. The molecular formula is C24H23F3N4O2. The number of amides is 1. The van der Waals surface area contributed by atoms with Gasteiger partial charge in [0.2, 0.25) is 0 Å². The van der Waals surface area contributed by atoms with Crippen LogP contribution in [0.25, 0.3) is 11.4 Å². The Kier molecular flexibility index (Phi) is 6.45. The lowest BCUT2D eigenvalue weighted by Gasteiger charge is -2.15. The van der Waals surface area contributed by atoms with Crippen molar-refractivity contribution < 1.29 is 22.7 Å². The van der Waals surface area contributed by atoms with E-state index in [4.69, 9.17) is 4.74 Å². The standard InChI is InChI=1S/C24H23F3N4O2/c1-31-11-10-16(14-31)6-9-22(32)29-19-12-18(23-28-13-21(30-23)24(25,26)27)7-8-20(19)33-15-17-4-2-3-5-17/h7-8,10-14,17H,2-5,15H2,1H3,(H,28,30)(H,29,32). The molecule has 0 radical (unpaired) electrons. The number of aromatic amines is 1. The lowest BCUT2D eigenvalue weighted by atomic mass is 10.1. The molecule has 3 aromatic rings. The second kappa shape index (κ2) is 9.45. The zero-order chi connectivity index (χ0) is 23.4. The number of carbonyl (C=O) groups is 1. The Morgan fingerprint density at radius 2 is 2.09 bits per heavy atom. The normalized spacial score (nSPS) is 14.1. The Labute approximate surface area is 189 Å². The number of ether oxygens (including phenoxy) is 1. The van der Waals surface area contributed by atoms with Gasteiger partial charge in [-0.15, -0.1) is 0 Å². The number of hydrogen-bond acceptors (Lipinski definition) is 3. The number of nitrogens with zero attached hydrogens (tertiary/aromatic N) is 2. The largest absolute Gasteiger partial charge is 0.491 e. The first-order chi connectivity index (χ1) is 15.8. The molecule has 0 bridgehead atoms. The smallest absolute Gasteiger partial charge is 0.432 e. The van der Waals surface area contributed by atoms with Gasteiger partial charge in [-0.25, -0.2) is 4.98 Å². The van der Waals surface area contributed by atoms with Gasteiger partial charge in [0.1, 0.15) is 17.3 Å². The topological polar surface area (TPSA) is 71.9 Å². The molecule has 0 atom stereocenters. The van der Waals surface area contributed by atoms with Crippen LogP contribution in [-0.4, -0.2) is 27.0 Å². The van der Waals surface area contributed by atoms with Gasteiger partial charge in [-0.3, -0.25) is 4.79 Å². The van der Waals surface area contributed by atoms with Crippen molar-refractivity contribution in [3.63, 3.8) is 0 Å². The van der Waals surface area contributed by atoms with Crippen molar-refractivity contribution in [2.75, 3.05) is 11.9 Å². The van der Waals surface area contributed by atoms with Gasteiger partial charge >= 0.3 is 12.1 Å². The number of alkyl halides is 3. The van der Waals surface area contributed by atoms with Crippen LogP contribution in [0.4, 0.5) is 18.9 Å². The van der Waals surface area contributed by atoms with Crippen LogP contribution in [0.15, 0.2) is 42.9 Å². The highest BCUT2D eigenvalue weighted by molar-refractivity contribution is 6.05. The number of aryl methyl sites for hydroxylation is 1. The molecule has 2 N–H and O–H groups in total. The van der Waals surface area contributed by atoms with E-state index in [-0.39, 0.29) is 5.82 Å². The van der Waals surface area contributed by atoms with Crippen LogP contribution in [0, 0.1) is 17.8 Å². The van der Waals surface area contributed by atoms with Gasteiger partial charge < -0.3 is 19.6 Å². The molecule has 0 aliphatic heterocycles. The zero-order valence-corrected chi connectivity index (χ0v) is 18.0. The van der Waals surface area contributed by atoms with Crippen LogP contribution in [0.1, 0.15) is 36.9 Å². The summed E-state index contributed by atoms with van der Waals surface area (Å²) in [5.74, 6) is 5.67. The summed E-state index contributed by atoms with van der Waals surface area (Å²) in [6.07, 6.45) is 4.34. The van der Waals surface area contributed by atoms with Crippen molar-refractivity contribution in [3.05, 3.63) is 54.1 Å². The maximum absolute atomic E-state index is 12.9. The first-order valence-electron chi connectivity index (χ1n) is 10.6. The predicted molar refractivity (Wildman–Crippen MR) is 117 cm³/mol. The lowest BCUT2D eigenvalue weighted by molar-refractivity contribution is -0.140. The molecule has 0 unspecified atom stereocenters. The van der Waals surface area contributed by atoms with Gasteiger partial charge in [-0.2, -0.15) is 13.2 Å². The summed E-state index contributed by atoms with van der Waals surface area (Å²) in [6.45, 7) is 0.511. The van der Waals surface area contributed by atoms with Crippen LogP contribution >= 0.6 is 0 Å². The molecule has 9 heteroatoms. The summed E-state index contributed by atoms with van der Waals surface area (Å²) in [6, 6.07) is 6.55. The fourth-order valence-corrected chi connectivity index (χ4v) is 3.76. The molecule has 33 heavy (non-hydrogen) atoms. The van der Waals surface area contributed by atoms with Crippen molar-refractivity contribution in [3.8, 4) is 29.0 Å². The highest BCUT2D eigenvalue weighted by Crippen LogP contribution is 2.34. The minimum absolute atomic E-state index is 0.0375. The molecule has 1 aliphatic carbocycles. The van der Waals surface area contributed by atoms with E-state index in [9.17, 15) is 18.0 Å². The molecule has 1 fully saturated rings. The lowest BCUT2D eigenvalue weighted by Crippen LogP contribution is -2.13. The van der Waals surface area contributed by atoms with Crippen molar-refractivity contribution in [1.29, 1.82) is 0 Å². The molecule has 6 nitrogen and oxygen atoms in total. The Bertz CT molecular complexity index is 1190. The average molecular weight is 456 g/mol. The van der Waals surface area contributed by atoms with E-state index < -0.39 is 17.8 Å². The summed E-state index contributed by atoms with van der Waals surface area (Å²) in [4.78, 5) is 18.6. The molecule has 0 spiro atoms. The third-order valence-electron chi connectivity index (χ3n) is 5.48. The quantitative estimate of drug-likeness (QED) is 0.531. The second-order valence-electron chi connectivity index (χ2n) is 8.09. The summed E-state index contributed by atoms with van der Waals surface area (Å²) >= 11 is 0. The number of H-pyrrole nitrogens is 1. The fraction of sp³-hybridized carbons (Fsp3) is 0.333. The summed E-state index contributed by atoms with van der Waals surface area (Å²) in [5, 5.41) is 2.70. The van der Waals surface area contributed by atoms with E-state index in [0.717, 1.165) is 19.0 Å². The third-order valence-corrected chi connectivity index (χ3v) is 5.48. The first kappa shape index (κ1) is 22.5. The number of benzene rings is 1. The highest BCUT2D eigenvalue weighted by atomic mass is 19.4. The molecule has 1 amide bonds. The van der Waals surface area contributed by atoms with Gasteiger partial charge in [-0.1, -0.05) is 18.8 Å². The molecule has 1 aliphatic rings. The summed E-state index contributed by atoms with van der Waals surface area (Å²) in [5.41, 5.74) is 0.445. The number of hydrogen-bond donors (Lipinski definition) is 2. The highest BCUT2D eigenvalue weighted by Gasteiger charge is 2.33. The SMILES string of the molecule is Cn1ccc(C#CC(=O)Nc2cc(-c3ncc(C(F)(F)F)[nH]3)ccc2OCC2CCCC2)c1. The van der Waals surface area contributed by atoms with Crippen LogP contribution in [0.5, 0.6) is 5.75 Å². The van der Waals surface area contributed by atoms with Crippen LogP contribution in [0.2, 0.25) is 0 Å². The molecule has 172 valence electrons. The fourth-order valence-electron chi connectivity index (χ4n) is 3.76. The van der Waals surface area contributed by atoms with E-state index in [1.165, 1.54) is 18.9 Å². The molecule has 2 heterocycles. The number of nitrogens with one attached hydrogen (secondary N) is 2. The number of halogens is 3. The Morgan fingerprint density at radius 3 is 2.76 bits per heavy atom. The number of carbonyl (C=O) groups excluding carboxylic acids is 1. The molecular weight excluding hydrogens is 433 g/mol. The monoisotopic (exact) mass is 456 g/mol. The molecule has 2 aromatic heterocycles. The number of aromatic nitrogens is 3. The molecule has 0 saturated heterocycles. The van der Waals surface area contributed by atoms with Crippen molar-refractivity contribution in [2.24, 2.45) is 13.0 Å². The maximum Gasteiger partial charge on any atom is 0.432 e. The van der Waals surface area contributed by atoms with Crippen molar-refractivity contribution in [2.45, 2.75) is 31.9 Å². The Morgan fingerprint density at radius 1 is 1.30 bits per heavy atom.